The van der Waals surface area contributed by atoms with Crippen LogP contribution >= 0.6 is 11.6 Å². The van der Waals surface area contributed by atoms with Gasteiger partial charge in [0.15, 0.2) is 12.4 Å². The number of nitrogens with one attached hydrogen (secondary N) is 1. The van der Waals surface area contributed by atoms with E-state index in [1.165, 1.54) is 38.6 Å². The van der Waals surface area contributed by atoms with Crippen LogP contribution in [0.1, 0.15) is 21.6 Å². The number of anilines is 1. The maximum absolute atomic E-state index is 13.0. The summed E-state index contributed by atoms with van der Waals surface area (Å²) < 4.78 is 55.3. The average molecular weight is 498 g/mol. The van der Waals surface area contributed by atoms with Crippen LogP contribution in [0, 0.1) is 6.92 Å². The molecule has 0 aliphatic heterocycles. The van der Waals surface area contributed by atoms with E-state index in [4.69, 9.17) is 25.8 Å². The Balaban J connectivity index is 1.73. The number of methoxy groups -OCH3 is 2. The number of alkyl halides is 3. The molecule has 34 heavy (non-hydrogen) atoms. The maximum Gasteiger partial charge on any atom is 0.416 e. The molecule has 0 saturated carbocycles. The Morgan fingerprint density at radius 2 is 1.82 bits per heavy atom. The number of hydrogen-bond acceptors (Lipinski definition) is 6. The zero-order valence-electron chi connectivity index (χ0n) is 18.2. The topological polar surface area (TPSA) is 91.7 Å². The van der Waals surface area contributed by atoms with E-state index in [0.29, 0.717) is 22.0 Å². The summed E-state index contributed by atoms with van der Waals surface area (Å²) in [6.45, 7) is 1.08. The number of carbonyl (C=O) groups excluding carboxylic acids is 2. The molecular weight excluding hydrogens is 479 g/mol. The number of aryl methyl sites for hydroxylation is 1. The number of ether oxygens (including phenoxy) is 3. The average Bonchev–Trinajstić information content (AvgIpc) is 3.24. The molecule has 3 rings (SSSR count). The van der Waals surface area contributed by atoms with E-state index in [1.54, 1.807) is 13.0 Å². The first-order chi connectivity index (χ1) is 16.0. The number of hydrogen-bond donors (Lipinski definition) is 1. The minimum atomic E-state index is -4.55. The van der Waals surface area contributed by atoms with Crippen LogP contribution in [0.4, 0.5) is 18.9 Å². The number of halogens is 4. The van der Waals surface area contributed by atoms with Crippen molar-refractivity contribution in [3.8, 4) is 17.2 Å². The van der Waals surface area contributed by atoms with Crippen LogP contribution in [0.3, 0.4) is 0 Å². The van der Waals surface area contributed by atoms with Crippen molar-refractivity contribution in [2.75, 3.05) is 26.1 Å². The molecule has 12 heteroatoms. The Hall–Kier alpha value is -3.73. The highest BCUT2D eigenvalue weighted by molar-refractivity contribution is 6.31. The second-order valence-corrected chi connectivity index (χ2v) is 7.37. The van der Waals surface area contributed by atoms with Crippen LogP contribution in [0.25, 0.3) is 5.69 Å². The summed E-state index contributed by atoms with van der Waals surface area (Å²) in [5.41, 5.74) is -0.118. The normalized spacial score (nSPS) is 11.1. The Kier molecular flexibility index (Phi) is 7.35. The highest BCUT2D eigenvalue weighted by Gasteiger charge is 2.31. The zero-order chi connectivity index (χ0) is 25.0. The van der Waals surface area contributed by atoms with Gasteiger partial charge in [0.05, 0.1) is 37.4 Å². The second-order valence-electron chi connectivity index (χ2n) is 6.96. The highest BCUT2D eigenvalue weighted by Crippen LogP contribution is 2.32. The molecule has 0 spiro atoms. The molecule has 0 unspecified atom stereocenters. The molecule has 1 amide bonds. The molecule has 3 aromatic rings. The molecule has 0 aliphatic rings. The molecule has 0 saturated heterocycles. The summed E-state index contributed by atoms with van der Waals surface area (Å²) in [6.07, 6.45) is -3.32. The van der Waals surface area contributed by atoms with Crippen LogP contribution in [0.2, 0.25) is 5.02 Å². The summed E-state index contributed by atoms with van der Waals surface area (Å²) in [5, 5.41) is 6.97. The monoisotopic (exact) mass is 497 g/mol. The predicted molar refractivity (Wildman–Crippen MR) is 117 cm³/mol. The molecular formula is C22H19ClF3N3O5. The van der Waals surface area contributed by atoms with E-state index in [-0.39, 0.29) is 17.1 Å². The van der Waals surface area contributed by atoms with Crippen LogP contribution < -0.4 is 14.8 Å². The molecule has 1 aromatic heterocycles. The van der Waals surface area contributed by atoms with Gasteiger partial charge >= 0.3 is 12.1 Å². The Morgan fingerprint density at radius 1 is 1.12 bits per heavy atom. The van der Waals surface area contributed by atoms with E-state index in [2.05, 4.69) is 10.4 Å². The highest BCUT2D eigenvalue weighted by atomic mass is 35.5. The first kappa shape index (κ1) is 24.9. The van der Waals surface area contributed by atoms with Gasteiger partial charge in [0.25, 0.3) is 5.91 Å². The van der Waals surface area contributed by atoms with Gasteiger partial charge < -0.3 is 19.5 Å². The molecule has 2 aromatic carbocycles. The van der Waals surface area contributed by atoms with E-state index in [1.807, 2.05) is 0 Å². The Labute approximate surface area is 197 Å². The fourth-order valence-corrected chi connectivity index (χ4v) is 3.08. The lowest BCUT2D eigenvalue weighted by Crippen LogP contribution is -2.21. The van der Waals surface area contributed by atoms with Gasteiger partial charge in [0.2, 0.25) is 5.69 Å². The van der Waals surface area contributed by atoms with Crippen molar-refractivity contribution in [3.63, 3.8) is 0 Å². The molecule has 0 aliphatic carbocycles. The van der Waals surface area contributed by atoms with Crippen molar-refractivity contribution in [1.29, 1.82) is 0 Å². The molecule has 8 nitrogen and oxygen atoms in total. The van der Waals surface area contributed by atoms with Crippen molar-refractivity contribution in [1.82, 2.24) is 9.78 Å². The lowest BCUT2D eigenvalue weighted by atomic mass is 10.2. The van der Waals surface area contributed by atoms with E-state index < -0.39 is 30.2 Å². The Morgan fingerprint density at radius 3 is 2.47 bits per heavy atom. The number of carbonyl (C=O) groups is 2. The lowest BCUT2D eigenvalue weighted by Gasteiger charge is -2.12. The van der Waals surface area contributed by atoms with Gasteiger partial charge in [-0.2, -0.15) is 18.3 Å². The van der Waals surface area contributed by atoms with Gasteiger partial charge in [-0.1, -0.05) is 17.7 Å². The molecule has 0 fully saturated rings. The maximum atomic E-state index is 13.0. The molecule has 0 atom stereocenters. The first-order valence-corrected chi connectivity index (χ1v) is 10.0. The quantitative estimate of drug-likeness (QED) is 0.477. The fourth-order valence-electron chi connectivity index (χ4n) is 2.92. The first-order valence-electron chi connectivity index (χ1n) is 9.66. The SMILES string of the molecule is COc1cc(Cl)c(C)cc1NC(=O)COC(=O)c1nn(-c2cccc(C(F)(F)F)c2)cc1OC. The summed E-state index contributed by atoms with van der Waals surface area (Å²) in [7, 11) is 2.66. The minimum absolute atomic E-state index is 0.0437. The van der Waals surface area contributed by atoms with Crippen molar-refractivity contribution in [2.24, 2.45) is 0 Å². The number of rotatable bonds is 7. The van der Waals surface area contributed by atoms with E-state index in [9.17, 15) is 22.8 Å². The number of esters is 1. The van der Waals surface area contributed by atoms with Crippen LogP contribution in [-0.2, 0) is 15.7 Å². The lowest BCUT2D eigenvalue weighted by molar-refractivity contribution is -0.137. The zero-order valence-corrected chi connectivity index (χ0v) is 19.0. The van der Waals surface area contributed by atoms with Gasteiger partial charge in [-0.25, -0.2) is 9.48 Å². The van der Waals surface area contributed by atoms with Gasteiger partial charge in [-0.3, -0.25) is 4.79 Å². The van der Waals surface area contributed by atoms with Crippen molar-refractivity contribution in [2.45, 2.75) is 13.1 Å². The van der Waals surface area contributed by atoms with Crippen molar-refractivity contribution in [3.05, 3.63) is 64.4 Å². The molecule has 180 valence electrons. The molecule has 0 bridgehead atoms. The number of nitrogens with zero attached hydrogens (tertiary/aromatic N) is 2. The fraction of sp³-hybridized carbons (Fsp3) is 0.227. The summed E-state index contributed by atoms with van der Waals surface area (Å²) in [5.74, 6) is -1.39. The standard InChI is InChI=1S/C22H19ClF3N3O5/c1-12-7-16(17(32-2)9-15(12)23)27-19(30)11-34-21(31)20-18(33-3)10-29(28-20)14-6-4-5-13(8-14)22(24,25)26/h4-10H,11H2,1-3H3,(H,27,30). The van der Waals surface area contributed by atoms with Crippen molar-refractivity contribution < 1.29 is 37.0 Å². The predicted octanol–water partition coefficient (Wildman–Crippen LogP) is 4.67. The summed E-state index contributed by atoms with van der Waals surface area (Å²) in [6, 6.07) is 7.50. The van der Waals surface area contributed by atoms with Gasteiger partial charge in [-0.05, 0) is 36.8 Å². The van der Waals surface area contributed by atoms with Gasteiger partial charge in [0.1, 0.15) is 5.75 Å². The van der Waals surface area contributed by atoms with Crippen LogP contribution in [0.5, 0.6) is 11.5 Å². The van der Waals surface area contributed by atoms with Crippen LogP contribution in [-0.4, -0.2) is 42.5 Å². The van der Waals surface area contributed by atoms with Gasteiger partial charge in [-0.15, -0.1) is 0 Å². The van der Waals surface area contributed by atoms with E-state index in [0.717, 1.165) is 16.8 Å². The number of amides is 1. The minimum Gasteiger partial charge on any atom is -0.495 e. The third-order valence-electron chi connectivity index (χ3n) is 4.62. The molecule has 1 N–H and O–H groups in total. The summed E-state index contributed by atoms with van der Waals surface area (Å²) >= 11 is 6.04. The smallest absolute Gasteiger partial charge is 0.416 e. The van der Waals surface area contributed by atoms with Crippen LogP contribution in [0.15, 0.2) is 42.6 Å². The largest absolute Gasteiger partial charge is 0.495 e. The van der Waals surface area contributed by atoms with Crippen molar-refractivity contribution >= 4 is 29.2 Å². The molecule has 0 radical (unpaired) electrons. The second kappa shape index (κ2) is 10.0. The molecule has 1 heterocycles. The third-order valence-corrected chi connectivity index (χ3v) is 5.03. The Bertz CT molecular complexity index is 1230. The summed E-state index contributed by atoms with van der Waals surface area (Å²) in [4.78, 5) is 24.8. The number of benzene rings is 2. The van der Waals surface area contributed by atoms with E-state index >= 15 is 0 Å². The third kappa shape index (κ3) is 5.60. The van der Waals surface area contributed by atoms with Gasteiger partial charge in [0, 0.05) is 11.1 Å². The number of aromatic nitrogens is 2.